The van der Waals surface area contributed by atoms with Crippen LogP contribution in [0.2, 0.25) is 5.02 Å². The first-order valence-corrected chi connectivity index (χ1v) is 5.25. The SMILES string of the molecule is CN1N=CC2C(=Nc3ccc(Cl)cc32)C1=O. The van der Waals surface area contributed by atoms with Gasteiger partial charge in [0.2, 0.25) is 0 Å². The Morgan fingerprint density at radius 1 is 1.44 bits per heavy atom. The highest BCUT2D eigenvalue weighted by Crippen LogP contribution is 2.37. The second-order valence-electron chi connectivity index (χ2n) is 3.77. The van der Waals surface area contributed by atoms with Crippen molar-refractivity contribution in [3.8, 4) is 0 Å². The molecule has 1 amide bonds. The van der Waals surface area contributed by atoms with E-state index in [9.17, 15) is 4.79 Å². The van der Waals surface area contributed by atoms with Crippen molar-refractivity contribution < 1.29 is 4.79 Å². The number of hydrogen-bond donors (Lipinski definition) is 0. The van der Waals surface area contributed by atoms with Crippen molar-refractivity contribution in [2.45, 2.75) is 5.92 Å². The molecular formula is C11H8ClN3O. The van der Waals surface area contributed by atoms with Crippen LogP contribution in [0.5, 0.6) is 0 Å². The van der Waals surface area contributed by atoms with Gasteiger partial charge in [0.25, 0.3) is 5.91 Å². The smallest absolute Gasteiger partial charge is 0.266 e. The van der Waals surface area contributed by atoms with Crippen LogP contribution in [0.25, 0.3) is 0 Å². The molecule has 4 nitrogen and oxygen atoms in total. The number of amides is 1. The van der Waals surface area contributed by atoms with Crippen LogP contribution in [0.15, 0.2) is 28.3 Å². The molecule has 0 radical (unpaired) electrons. The first-order chi connectivity index (χ1) is 7.66. The predicted octanol–water partition coefficient (Wildman–Crippen LogP) is 1.97. The molecule has 2 heterocycles. The van der Waals surface area contributed by atoms with E-state index in [0.717, 1.165) is 11.3 Å². The first kappa shape index (κ1) is 9.54. The molecule has 0 bridgehead atoms. The molecule has 80 valence electrons. The standard InChI is InChI=1S/C11H8ClN3O/c1-15-11(16)10-8(5-13-15)7-4-6(12)2-3-9(7)14-10/h2-5,8H,1H3. The number of carbonyl (C=O) groups excluding carboxylic acids is 1. The van der Waals surface area contributed by atoms with E-state index < -0.39 is 0 Å². The van der Waals surface area contributed by atoms with Gasteiger partial charge >= 0.3 is 0 Å². The number of nitrogens with zero attached hydrogens (tertiary/aromatic N) is 3. The molecule has 0 aliphatic carbocycles. The number of carbonyl (C=O) groups is 1. The lowest BCUT2D eigenvalue weighted by Gasteiger charge is -2.19. The van der Waals surface area contributed by atoms with Crippen molar-refractivity contribution in [1.82, 2.24) is 5.01 Å². The van der Waals surface area contributed by atoms with E-state index in [0.29, 0.717) is 10.7 Å². The molecule has 2 aliphatic rings. The number of rotatable bonds is 0. The van der Waals surface area contributed by atoms with E-state index in [4.69, 9.17) is 11.6 Å². The average Bonchev–Trinajstić information content (AvgIpc) is 2.62. The van der Waals surface area contributed by atoms with Gasteiger partial charge in [-0.15, -0.1) is 0 Å². The number of fused-ring (bicyclic) bond motifs is 3. The van der Waals surface area contributed by atoms with Crippen molar-refractivity contribution in [3.05, 3.63) is 28.8 Å². The summed E-state index contributed by atoms with van der Waals surface area (Å²) >= 11 is 5.93. The highest BCUT2D eigenvalue weighted by molar-refractivity contribution is 6.46. The van der Waals surface area contributed by atoms with Gasteiger partial charge in [-0.1, -0.05) is 11.6 Å². The zero-order valence-corrected chi connectivity index (χ0v) is 9.27. The summed E-state index contributed by atoms with van der Waals surface area (Å²) in [6, 6.07) is 5.43. The third-order valence-corrected chi connectivity index (χ3v) is 3.00. The maximum absolute atomic E-state index is 11.8. The fraction of sp³-hybridized carbons (Fsp3) is 0.182. The zero-order chi connectivity index (χ0) is 11.3. The number of benzene rings is 1. The Bertz CT molecular complexity index is 550. The molecular weight excluding hydrogens is 226 g/mol. The van der Waals surface area contributed by atoms with E-state index in [-0.39, 0.29) is 11.8 Å². The highest BCUT2D eigenvalue weighted by Gasteiger charge is 2.35. The minimum absolute atomic E-state index is 0.141. The maximum Gasteiger partial charge on any atom is 0.289 e. The third-order valence-electron chi connectivity index (χ3n) is 2.76. The Kier molecular flexibility index (Phi) is 1.88. The van der Waals surface area contributed by atoms with Gasteiger partial charge in [0, 0.05) is 18.3 Å². The Balaban J connectivity index is 2.17. The Morgan fingerprint density at radius 2 is 2.25 bits per heavy atom. The molecule has 2 aliphatic heterocycles. The lowest BCUT2D eigenvalue weighted by Crippen LogP contribution is -2.36. The average molecular weight is 234 g/mol. The molecule has 0 aromatic heterocycles. The van der Waals surface area contributed by atoms with E-state index in [1.165, 1.54) is 5.01 Å². The van der Waals surface area contributed by atoms with Gasteiger partial charge in [0.05, 0.1) is 11.6 Å². The second kappa shape index (κ2) is 3.15. The molecule has 1 unspecified atom stereocenters. The molecule has 1 aromatic rings. The summed E-state index contributed by atoms with van der Waals surface area (Å²) in [5.41, 5.74) is 2.28. The number of halogens is 1. The van der Waals surface area contributed by atoms with E-state index >= 15 is 0 Å². The molecule has 0 spiro atoms. The molecule has 1 aromatic carbocycles. The van der Waals surface area contributed by atoms with E-state index in [1.807, 2.05) is 12.1 Å². The summed E-state index contributed by atoms with van der Waals surface area (Å²) in [5, 5.41) is 5.96. The lowest BCUT2D eigenvalue weighted by molar-refractivity contribution is -0.123. The van der Waals surface area contributed by atoms with Crippen molar-refractivity contribution in [2.24, 2.45) is 10.1 Å². The van der Waals surface area contributed by atoms with Crippen molar-refractivity contribution in [1.29, 1.82) is 0 Å². The van der Waals surface area contributed by atoms with Crippen LogP contribution < -0.4 is 0 Å². The summed E-state index contributed by atoms with van der Waals surface area (Å²) in [6.45, 7) is 0. The van der Waals surface area contributed by atoms with Crippen molar-refractivity contribution in [3.63, 3.8) is 0 Å². The number of hydrazone groups is 1. The zero-order valence-electron chi connectivity index (χ0n) is 8.51. The van der Waals surface area contributed by atoms with Gasteiger partial charge in [0.1, 0.15) is 5.71 Å². The fourth-order valence-corrected chi connectivity index (χ4v) is 2.12. The maximum atomic E-state index is 11.8. The molecule has 0 saturated carbocycles. The van der Waals surface area contributed by atoms with Crippen LogP contribution in [0, 0.1) is 0 Å². The monoisotopic (exact) mass is 233 g/mol. The summed E-state index contributed by atoms with van der Waals surface area (Å²) in [4.78, 5) is 16.1. The van der Waals surface area contributed by atoms with Gasteiger partial charge in [-0.25, -0.2) is 10.0 Å². The van der Waals surface area contributed by atoms with Crippen LogP contribution in [-0.4, -0.2) is 29.9 Å². The molecule has 1 atom stereocenters. The van der Waals surface area contributed by atoms with E-state index in [2.05, 4.69) is 10.1 Å². The summed E-state index contributed by atoms with van der Waals surface area (Å²) in [5.74, 6) is -0.294. The quantitative estimate of drug-likeness (QED) is 0.676. The predicted molar refractivity (Wildman–Crippen MR) is 62.6 cm³/mol. The Morgan fingerprint density at radius 3 is 3.06 bits per heavy atom. The number of aliphatic imine (C=N–C) groups is 1. The molecule has 16 heavy (non-hydrogen) atoms. The minimum atomic E-state index is -0.153. The topological polar surface area (TPSA) is 45.0 Å². The summed E-state index contributed by atoms with van der Waals surface area (Å²) < 4.78 is 0. The van der Waals surface area contributed by atoms with Gasteiger partial charge in [-0.2, -0.15) is 5.10 Å². The second-order valence-corrected chi connectivity index (χ2v) is 4.21. The summed E-state index contributed by atoms with van der Waals surface area (Å²) in [6.07, 6.45) is 1.72. The van der Waals surface area contributed by atoms with E-state index in [1.54, 1.807) is 19.3 Å². The molecule has 0 fully saturated rings. The van der Waals surface area contributed by atoms with Gasteiger partial charge in [0.15, 0.2) is 0 Å². The van der Waals surface area contributed by atoms with Gasteiger partial charge < -0.3 is 0 Å². The van der Waals surface area contributed by atoms with Crippen LogP contribution in [0.4, 0.5) is 5.69 Å². The van der Waals surface area contributed by atoms with Crippen LogP contribution in [-0.2, 0) is 4.79 Å². The fourth-order valence-electron chi connectivity index (χ4n) is 1.94. The van der Waals surface area contributed by atoms with Crippen LogP contribution in [0.1, 0.15) is 11.5 Å². The van der Waals surface area contributed by atoms with Crippen LogP contribution >= 0.6 is 11.6 Å². The highest BCUT2D eigenvalue weighted by atomic mass is 35.5. The molecule has 5 heteroatoms. The Labute approximate surface area is 97.2 Å². The molecule has 0 N–H and O–H groups in total. The van der Waals surface area contributed by atoms with Gasteiger partial charge in [-0.05, 0) is 23.8 Å². The van der Waals surface area contributed by atoms with Crippen molar-refractivity contribution >= 4 is 35.1 Å². The molecule has 3 rings (SSSR count). The van der Waals surface area contributed by atoms with Crippen molar-refractivity contribution in [2.75, 3.05) is 7.05 Å². The Hall–Kier alpha value is -1.68. The van der Waals surface area contributed by atoms with Gasteiger partial charge in [-0.3, -0.25) is 4.79 Å². The normalized spacial score (nSPS) is 21.9. The lowest BCUT2D eigenvalue weighted by atomic mass is 9.96. The van der Waals surface area contributed by atoms with Crippen LogP contribution in [0.3, 0.4) is 0 Å². The number of hydrogen-bond acceptors (Lipinski definition) is 3. The molecule has 0 saturated heterocycles. The summed E-state index contributed by atoms with van der Waals surface area (Å²) in [7, 11) is 1.62. The minimum Gasteiger partial charge on any atom is -0.266 e. The third kappa shape index (κ3) is 1.20. The largest absolute Gasteiger partial charge is 0.289 e. The first-order valence-electron chi connectivity index (χ1n) is 4.87.